The predicted molar refractivity (Wildman–Crippen MR) is 114 cm³/mol. The van der Waals surface area contributed by atoms with Crippen molar-refractivity contribution < 1.29 is 14.3 Å². The largest absolute Gasteiger partial charge is 0.496 e. The van der Waals surface area contributed by atoms with Crippen LogP contribution in [0.3, 0.4) is 0 Å². The van der Waals surface area contributed by atoms with Crippen molar-refractivity contribution in [3.63, 3.8) is 0 Å². The Morgan fingerprint density at radius 3 is 3.00 bits per heavy atom. The predicted octanol–water partition coefficient (Wildman–Crippen LogP) is 3.53. The lowest BCUT2D eigenvalue weighted by Crippen LogP contribution is -2.31. The minimum atomic E-state index is -0.0864. The number of fused-ring (bicyclic) bond motifs is 1. The zero-order chi connectivity index (χ0) is 20.2. The van der Waals surface area contributed by atoms with Gasteiger partial charge in [0.25, 0.3) is 5.91 Å². The summed E-state index contributed by atoms with van der Waals surface area (Å²) in [6.07, 6.45) is 3.69. The number of anilines is 1. The average molecular weight is 413 g/mol. The summed E-state index contributed by atoms with van der Waals surface area (Å²) in [5.74, 6) is 1.45. The van der Waals surface area contributed by atoms with Crippen LogP contribution in [0.15, 0.2) is 30.6 Å². The number of carbonyl (C=O) groups excluding carboxylic acids is 1. The SMILES string of the molecule is COc1ccccc1CNc1ncnc2sc(C(=O)NC[C@H]3CCCO3)c(C)c12. The molecule has 0 spiro atoms. The van der Waals surface area contributed by atoms with Crippen LogP contribution < -0.4 is 15.4 Å². The van der Waals surface area contributed by atoms with E-state index in [4.69, 9.17) is 9.47 Å². The lowest BCUT2D eigenvalue weighted by atomic mass is 10.1. The number of hydrogen-bond donors (Lipinski definition) is 2. The number of nitrogens with one attached hydrogen (secondary N) is 2. The Bertz CT molecular complexity index is 1010. The first-order chi connectivity index (χ1) is 14.2. The molecule has 0 saturated carbocycles. The lowest BCUT2D eigenvalue weighted by molar-refractivity contribution is 0.0860. The Hall–Kier alpha value is -2.71. The standard InChI is InChI=1S/C21H24N4O3S/c1-13-17-19(22-10-14-6-3-4-8-16(14)27-2)24-12-25-21(17)29-18(13)20(26)23-11-15-7-5-9-28-15/h3-4,6,8,12,15H,5,7,9-11H2,1-2H3,(H,23,26)(H,22,24,25)/t15-/m1/s1. The van der Waals surface area contributed by atoms with Crippen molar-refractivity contribution in [1.82, 2.24) is 15.3 Å². The Morgan fingerprint density at radius 1 is 1.34 bits per heavy atom. The number of carbonyl (C=O) groups is 1. The van der Waals surface area contributed by atoms with Gasteiger partial charge in [-0.25, -0.2) is 9.97 Å². The molecule has 1 fully saturated rings. The monoisotopic (exact) mass is 412 g/mol. The van der Waals surface area contributed by atoms with Crippen molar-refractivity contribution in [2.24, 2.45) is 0 Å². The van der Waals surface area contributed by atoms with Gasteiger partial charge in [0.05, 0.1) is 23.5 Å². The summed E-state index contributed by atoms with van der Waals surface area (Å²) in [6, 6.07) is 7.85. The normalized spacial score (nSPS) is 16.1. The number of nitrogens with zero attached hydrogens (tertiary/aromatic N) is 2. The molecule has 0 aliphatic carbocycles. The summed E-state index contributed by atoms with van der Waals surface area (Å²) in [5, 5.41) is 7.25. The maximum absolute atomic E-state index is 12.7. The number of benzene rings is 1. The molecule has 1 aliphatic rings. The third-order valence-corrected chi connectivity index (χ3v) is 6.28. The van der Waals surface area contributed by atoms with E-state index in [0.29, 0.717) is 23.8 Å². The number of ether oxygens (including phenoxy) is 2. The fourth-order valence-electron chi connectivity index (χ4n) is 3.54. The number of thiophene rings is 1. The van der Waals surface area contributed by atoms with Gasteiger partial charge in [0.2, 0.25) is 0 Å². The molecule has 1 amide bonds. The third kappa shape index (κ3) is 4.18. The number of aryl methyl sites for hydroxylation is 1. The van der Waals surface area contributed by atoms with Crippen LogP contribution in [0.4, 0.5) is 5.82 Å². The van der Waals surface area contributed by atoms with Gasteiger partial charge in [-0.3, -0.25) is 4.79 Å². The van der Waals surface area contributed by atoms with Crippen LogP contribution >= 0.6 is 11.3 Å². The summed E-state index contributed by atoms with van der Waals surface area (Å²) in [4.78, 5) is 23.0. The van der Waals surface area contributed by atoms with Gasteiger partial charge in [-0.15, -0.1) is 11.3 Å². The third-order valence-electron chi connectivity index (χ3n) is 5.09. The van der Waals surface area contributed by atoms with Gasteiger partial charge in [0.1, 0.15) is 22.7 Å². The Morgan fingerprint density at radius 2 is 2.21 bits per heavy atom. The number of aromatic nitrogens is 2. The van der Waals surface area contributed by atoms with E-state index in [1.165, 1.54) is 17.7 Å². The van der Waals surface area contributed by atoms with Crippen molar-refractivity contribution in [3.8, 4) is 5.75 Å². The molecule has 7 nitrogen and oxygen atoms in total. The van der Waals surface area contributed by atoms with E-state index < -0.39 is 0 Å². The lowest BCUT2D eigenvalue weighted by Gasteiger charge is -2.11. The van der Waals surface area contributed by atoms with Crippen LogP contribution in [-0.4, -0.2) is 42.2 Å². The molecule has 4 rings (SSSR count). The minimum absolute atomic E-state index is 0.0864. The molecule has 152 valence electrons. The Labute approximate surface area is 173 Å². The highest BCUT2D eigenvalue weighted by Crippen LogP contribution is 2.33. The van der Waals surface area contributed by atoms with Gasteiger partial charge in [0, 0.05) is 25.3 Å². The van der Waals surface area contributed by atoms with Crippen molar-refractivity contribution in [3.05, 3.63) is 46.6 Å². The molecule has 8 heteroatoms. The molecule has 2 N–H and O–H groups in total. The van der Waals surface area contributed by atoms with Crippen LogP contribution in [0, 0.1) is 6.92 Å². The van der Waals surface area contributed by atoms with E-state index in [-0.39, 0.29) is 12.0 Å². The molecule has 2 aromatic heterocycles. The van der Waals surface area contributed by atoms with Gasteiger partial charge in [-0.1, -0.05) is 18.2 Å². The molecule has 29 heavy (non-hydrogen) atoms. The van der Waals surface area contributed by atoms with Gasteiger partial charge < -0.3 is 20.1 Å². The minimum Gasteiger partial charge on any atom is -0.496 e. The van der Waals surface area contributed by atoms with Crippen LogP contribution in [0.2, 0.25) is 0 Å². The van der Waals surface area contributed by atoms with Crippen molar-refractivity contribution >= 4 is 33.3 Å². The van der Waals surface area contributed by atoms with Crippen LogP contribution in [0.25, 0.3) is 10.2 Å². The van der Waals surface area contributed by atoms with E-state index >= 15 is 0 Å². The molecule has 3 aromatic rings. The first-order valence-electron chi connectivity index (χ1n) is 9.67. The Kier molecular flexibility index (Phi) is 5.92. The Balaban J connectivity index is 1.54. The molecule has 0 radical (unpaired) electrons. The first kappa shape index (κ1) is 19.6. The van der Waals surface area contributed by atoms with Gasteiger partial charge in [-0.05, 0) is 31.4 Å². The molecular weight excluding hydrogens is 388 g/mol. The molecule has 0 bridgehead atoms. The van der Waals surface area contributed by atoms with E-state index in [9.17, 15) is 4.79 Å². The molecule has 1 aliphatic heterocycles. The quantitative estimate of drug-likeness (QED) is 0.618. The number of hydrogen-bond acceptors (Lipinski definition) is 7. The fraction of sp³-hybridized carbons (Fsp3) is 0.381. The smallest absolute Gasteiger partial charge is 0.261 e. The molecule has 0 unspecified atom stereocenters. The summed E-state index contributed by atoms with van der Waals surface area (Å²) in [5.41, 5.74) is 1.92. The molecule has 1 aromatic carbocycles. The highest BCUT2D eigenvalue weighted by molar-refractivity contribution is 7.20. The van der Waals surface area contributed by atoms with Crippen molar-refractivity contribution in [1.29, 1.82) is 0 Å². The van der Waals surface area contributed by atoms with E-state index in [0.717, 1.165) is 46.5 Å². The maximum atomic E-state index is 12.7. The van der Waals surface area contributed by atoms with Gasteiger partial charge in [0.15, 0.2) is 0 Å². The van der Waals surface area contributed by atoms with E-state index in [1.54, 1.807) is 7.11 Å². The maximum Gasteiger partial charge on any atom is 0.261 e. The second-order valence-corrected chi connectivity index (χ2v) is 7.97. The zero-order valence-corrected chi connectivity index (χ0v) is 17.3. The van der Waals surface area contributed by atoms with Crippen LogP contribution in [-0.2, 0) is 11.3 Å². The number of methoxy groups -OCH3 is 1. The first-order valence-corrected chi connectivity index (χ1v) is 10.5. The highest BCUT2D eigenvalue weighted by Gasteiger charge is 2.21. The van der Waals surface area contributed by atoms with E-state index in [1.807, 2.05) is 31.2 Å². The summed E-state index contributed by atoms with van der Waals surface area (Å²) < 4.78 is 11.0. The fourth-order valence-corrected chi connectivity index (χ4v) is 4.61. The summed E-state index contributed by atoms with van der Waals surface area (Å²) in [7, 11) is 1.66. The van der Waals surface area contributed by atoms with E-state index in [2.05, 4.69) is 20.6 Å². The second kappa shape index (κ2) is 8.75. The number of rotatable bonds is 7. The zero-order valence-electron chi connectivity index (χ0n) is 16.5. The van der Waals surface area contributed by atoms with Gasteiger partial charge >= 0.3 is 0 Å². The number of para-hydroxylation sites is 1. The summed E-state index contributed by atoms with van der Waals surface area (Å²) >= 11 is 1.39. The van der Waals surface area contributed by atoms with Crippen LogP contribution in [0.5, 0.6) is 5.75 Å². The van der Waals surface area contributed by atoms with Crippen molar-refractivity contribution in [2.75, 3.05) is 25.6 Å². The van der Waals surface area contributed by atoms with Crippen molar-refractivity contribution in [2.45, 2.75) is 32.4 Å². The topological polar surface area (TPSA) is 85.4 Å². The number of amides is 1. The molecular formula is C21H24N4O3S. The van der Waals surface area contributed by atoms with Gasteiger partial charge in [-0.2, -0.15) is 0 Å². The molecule has 1 atom stereocenters. The van der Waals surface area contributed by atoms with Crippen LogP contribution in [0.1, 0.15) is 33.6 Å². The molecule has 3 heterocycles. The summed E-state index contributed by atoms with van der Waals surface area (Å²) in [6.45, 7) is 3.82. The second-order valence-electron chi connectivity index (χ2n) is 6.97. The highest BCUT2D eigenvalue weighted by atomic mass is 32.1. The average Bonchev–Trinajstić information content (AvgIpc) is 3.39. The molecule has 1 saturated heterocycles.